The van der Waals surface area contributed by atoms with Crippen LogP contribution in [0.2, 0.25) is 0 Å². The molecule has 9 amide bonds. The monoisotopic (exact) mass is 1730 g/mol. The van der Waals surface area contributed by atoms with Crippen molar-refractivity contribution in [1.29, 1.82) is 0 Å². The summed E-state index contributed by atoms with van der Waals surface area (Å²) in [5, 5.41) is 79.3. The lowest BCUT2D eigenvalue weighted by Crippen LogP contribution is -2.50. The number of aromatic nitrogens is 1. The number of Topliss-reactive ketones (excluding diaryl/α,β-unsaturated/α-hetero) is 3. The molecule has 1 aromatic heterocycles. The fourth-order valence-electron chi connectivity index (χ4n) is 12.9. The van der Waals surface area contributed by atoms with Crippen molar-refractivity contribution in [3.63, 3.8) is 0 Å². The number of ketones is 3. The van der Waals surface area contributed by atoms with Crippen LogP contribution >= 0.6 is 32.9 Å². The van der Waals surface area contributed by atoms with Crippen molar-refractivity contribution in [3.8, 4) is 5.75 Å². The van der Waals surface area contributed by atoms with Crippen LogP contribution < -0.4 is 42.5 Å². The zero-order valence-corrected chi connectivity index (χ0v) is 71.1. The number of piperidine rings is 1. The van der Waals surface area contributed by atoms with Gasteiger partial charge in [-0.1, -0.05) is 119 Å². The minimum Gasteiger partial charge on any atom is -0.508 e. The van der Waals surface area contributed by atoms with Gasteiger partial charge in [0.15, 0.2) is 23.5 Å². The molecule has 1 aliphatic rings. The molecule has 1 aliphatic heterocycles. The van der Waals surface area contributed by atoms with E-state index in [1.807, 2.05) is 41.7 Å². The number of carbonyl (C=O) groups excluding carboxylic acids is 11. The highest BCUT2D eigenvalue weighted by atomic mass is 33.1. The number of ether oxygens (including phenoxy) is 3. The number of likely N-dealkylation sites (tertiary alicyclic amines) is 1. The number of aromatic hydroxyl groups is 1. The Morgan fingerprint density at radius 1 is 0.672 bits per heavy atom. The number of hydrogen-bond acceptors (Lipinski definition) is 25. The normalized spacial score (nSPS) is 15.2. The Labute approximate surface area is 703 Å². The first-order valence-electron chi connectivity index (χ1n) is 39.9. The zero-order chi connectivity index (χ0) is 88.3. The Morgan fingerprint density at radius 3 is 1.97 bits per heavy atom. The number of likely N-dealkylation sites (N-methyl/N-ethyl adjacent to an activating group) is 1. The van der Waals surface area contributed by atoms with Crippen molar-refractivity contribution >= 4 is 128 Å². The van der Waals surface area contributed by atoms with E-state index in [-0.39, 0.29) is 142 Å². The highest BCUT2D eigenvalue weighted by Crippen LogP contribution is 2.34. The molecule has 36 nitrogen and oxygen atoms in total. The molecule has 2 heterocycles. The quantitative estimate of drug-likeness (QED) is 0.0117. The Morgan fingerprint density at radius 2 is 1.34 bits per heavy atom. The van der Waals surface area contributed by atoms with E-state index in [4.69, 9.17) is 19.3 Å². The van der Waals surface area contributed by atoms with Crippen LogP contribution in [-0.4, -0.2) is 241 Å². The van der Waals surface area contributed by atoms with E-state index in [1.54, 1.807) is 36.1 Å². The molecule has 119 heavy (non-hydrogen) atoms. The molecule has 39 heteroatoms. The lowest BCUT2D eigenvalue weighted by molar-refractivity contribution is -0.155. The molecular weight excluding hydrogens is 1610 g/mol. The van der Waals surface area contributed by atoms with E-state index in [9.17, 15) is 97.5 Å². The van der Waals surface area contributed by atoms with Crippen molar-refractivity contribution in [2.75, 3.05) is 64.7 Å². The molecule has 14 N–H and O–H groups in total. The van der Waals surface area contributed by atoms with Gasteiger partial charge in [0.25, 0.3) is 5.91 Å². The minimum atomic E-state index is -1.75. The van der Waals surface area contributed by atoms with E-state index in [0.717, 1.165) is 71.6 Å². The van der Waals surface area contributed by atoms with E-state index in [1.165, 1.54) is 36.6 Å². The van der Waals surface area contributed by atoms with Gasteiger partial charge >= 0.3 is 54.0 Å². The van der Waals surface area contributed by atoms with Gasteiger partial charge in [-0.05, 0) is 112 Å². The topological polar surface area (TPSA) is 538 Å². The minimum absolute atomic E-state index is 0.00121. The zero-order valence-electron chi connectivity index (χ0n) is 68.6. The van der Waals surface area contributed by atoms with Gasteiger partial charge in [0.1, 0.15) is 41.9 Å². The van der Waals surface area contributed by atoms with Crippen molar-refractivity contribution in [2.45, 2.75) is 219 Å². The van der Waals surface area contributed by atoms with Crippen LogP contribution in [0.4, 0.5) is 14.4 Å². The van der Waals surface area contributed by atoms with E-state index in [2.05, 4.69) is 52.4 Å². The number of nitrogens with one attached hydrogen (secondary N) is 8. The van der Waals surface area contributed by atoms with Gasteiger partial charge in [-0.15, -0.1) is 11.3 Å². The Balaban J connectivity index is 1.28. The maximum Gasteiger partial charge on any atom is 0.407 e. The fraction of sp³-hybridized carbons (Fsp3) is 0.613. The molecule has 3 aromatic rings. The Hall–Kier alpha value is -9.99. The number of hydrogen-bond donors (Lipinski definition) is 14. The Bertz CT molecular complexity index is 3850. The molecule has 1 saturated heterocycles. The summed E-state index contributed by atoms with van der Waals surface area (Å²) in [4.78, 5) is 214. The third kappa shape index (κ3) is 39.2. The van der Waals surface area contributed by atoms with Crippen molar-refractivity contribution in [3.05, 3.63) is 81.3 Å². The number of thiazole rings is 1. The van der Waals surface area contributed by atoms with Crippen LogP contribution in [0.5, 0.6) is 5.75 Å². The summed E-state index contributed by atoms with van der Waals surface area (Å²) < 4.78 is 17.4. The summed E-state index contributed by atoms with van der Waals surface area (Å²) in [6.07, 6.45) is 0.756. The summed E-state index contributed by atoms with van der Waals surface area (Å²) in [7, 11) is 3.89. The number of carboxylic acids is 5. The second-order valence-corrected chi connectivity index (χ2v) is 33.3. The second-order valence-electron chi connectivity index (χ2n) is 29.8. The molecule has 1 unspecified atom stereocenters. The average molecular weight is 1730 g/mol. The van der Waals surface area contributed by atoms with Crippen LogP contribution in [-0.2, 0) is 91.1 Å². The molecule has 0 spiro atoms. The molecule has 11 atom stereocenters. The van der Waals surface area contributed by atoms with Crippen LogP contribution in [0.15, 0.2) is 53.9 Å². The summed E-state index contributed by atoms with van der Waals surface area (Å²) >= 11 is 1.08. The Kier molecular flexibility index (Phi) is 46.2. The molecule has 4 rings (SSSR count). The number of carbonyl (C=O) groups is 16. The number of unbranched alkanes of at least 4 members (excludes halogenated alkanes) is 2. The highest BCUT2D eigenvalue weighted by molar-refractivity contribution is 8.76. The van der Waals surface area contributed by atoms with Gasteiger partial charge in [-0.3, -0.25) is 57.6 Å². The van der Waals surface area contributed by atoms with Crippen molar-refractivity contribution in [1.82, 2.24) is 57.3 Å². The number of rotatable bonds is 58. The van der Waals surface area contributed by atoms with Gasteiger partial charge in [0.2, 0.25) is 17.7 Å². The molecular formula is C80H117N11O25S3. The number of amides is 9. The molecule has 660 valence electrons. The number of aliphatic carboxylic acids is 5. The number of carboxylic acid groups (broad SMARTS) is 5. The number of phenols is 1. The first-order valence-corrected chi connectivity index (χ1v) is 43.2. The number of urea groups is 2. The predicted octanol–water partition coefficient (Wildman–Crippen LogP) is 7.03. The van der Waals surface area contributed by atoms with E-state index < -0.39 is 163 Å². The lowest BCUT2D eigenvalue weighted by Gasteiger charge is -2.39. The number of nitrogens with zero attached hydrogens (tertiary/aromatic N) is 3. The summed E-state index contributed by atoms with van der Waals surface area (Å²) in [5.74, 6) is -15.7. The molecule has 0 saturated carbocycles. The standard InChI is InChI=1S/C80H117N11O25S3/c1-9-11-31-114-46-91(75(106)57(48(5)10-2)39-65(95)62-18-13-15-30-90(62)8)63(47(3)4)41-67(116-50(7)92)74-88-60(44-117-74)73(105)85-55(35-51-24-26-56(93)27-25-51)34-49(6)66(96)43-84-80(113)115-32-33-118-119-45-61(77(109)110)87-72(104)54(38-70(100)101)37-64(94)59(40-71(102)103)86-68(97)36-52-20-22-53(23-21-52)42-83-78(111)81-28-14-12-17-58(76(107)108)89-79(112)82-29-16-19-69(98)99/h20-27,44,47-49,54-55,57-59,61-63,67,93H,9-19,28-43,45-46H2,1-8H3,(H,84,113)(H,85,105)(H,86,97)(H,87,104)(H,98,99)(H,100,101)(H,102,103)(H,107,108)(H,109,110)(H2,81,83,111)(H2,82,89,112)/t48?,49-,54-,55+,57-,58-,59-,61-,62+,63+,67+/m0/s1. The van der Waals surface area contributed by atoms with Crippen LogP contribution in [0.25, 0.3) is 0 Å². The van der Waals surface area contributed by atoms with E-state index in [0.29, 0.717) is 42.6 Å². The first-order chi connectivity index (χ1) is 56.5. The summed E-state index contributed by atoms with van der Waals surface area (Å²) in [6, 6.07) is 4.95. The smallest absolute Gasteiger partial charge is 0.407 e. The molecule has 1 fully saturated rings. The van der Waals surface area contributed by atoms with Gasteiger partial charge in [-0.25, -0.2) is 29.0 Å². The maximum atomic E-state index is 15.1. The first kappa shape index (κ1) is 101. The summed E-state index contributed by atoms with van der Waals surface area (Å²) in [6.45, 7) is 13.4. The van der Waals surface area contributed by atoms with Crippen molar-refractivity contribution in [2.24, 2.45) is 29.6 Å². The van der Waals surface area contributed by atoms with Gasteiger partial charge in [0, 0.05) is 99.7 Å². The highest BCUT2D eigenvalue weighted by Gasteiger charge is 2.40. The maximum absolute atomic E-state index is 15.1. The van der Waals surface area contributed by atoms with Crippen LogP contribution in [0.3, 0.4) is 0 Å². The third-order valence-electron chi connectivity index (χ3n) is 19.9. The third-order valence-corrected chi connectivity index (χ3v) is 23.2. The molecule has 2 aromatic carbocycles. The molecule has 0 aliphatic carbocycles. The largest absolute Gasteiger partial charge is 0.508 e. The van der Waals surface area contributed by atoms with Crippen molar-refractivity contribution < 1.29 is 122 Å². The number of benzene rings is 2. The SMILES string of the molecule is CCCCOCN(C(=O)[C@@H](CC(=O)[C@H]1CCCCN1C)C(C)CC)[C@H](C[C@@H](OC(C)=O)c1nc(C(=O)N[C@@H](Cc2ccc(O)cc2)C[C@H](C)C(=O)CNC(=O)OCCSSC[C@H](NC(=O)[C@H](CC(=O)O)CC(=O)[C@H](CC(=O)O)NC(=O)Cc2ccc(CNC(=O)NCCCC[C@H](NC(=O)NCCCC(=O)O)C(=O)O)cc2)C(=O)O)cs1)C(C)C. The average Bonchev–Trinajstić information content (AvgIpc) is 1.75. The van der Waals surface area contributed by atoms with Crippen LogP contribution in [0.1, 0.15) is 196 Å². The number of esters is 1. The van der Waals surface area contributed by atoms with Gasteiger partial charge < -0.3 is 92.3 Å². The molecule has 0 bridgehead atoms. The van der Waals surface area contributed by atoms with E-state index >= 15 is 4.79 Å². The molecule has 0 radical (unpaired) electrons. The fourth-order valence-corrected chi connectivity index (χ4v) is 15.8. The predicted molar refractivity (Wildman–Crippen MR) is 440 cm³/mol. The lowest BCUT2D eigenvalue weighted by atomic mass is 9.82. The van der Waals surface area contributed by atoms with Crippen LogP contribution in [0, 0.1) is 29.6 Å². The van der Waals surface area contributed by atoms with Gasteiger partial charge in [-0.2, -0.15) is 0 Å². The number of alkyl carbamates (subject to hydrolysis) is 1. The van der Waals surface area contributed by atoms with Gasteiger partial charge in [0.05, 0.1) is 43.8 Å². The number of phenolic OH excluding ortho intramolecular Hbond substituents is 1. The summed E-state index contributed by atoms with van der Waals surface area (Å²) in [5.41, 5.74) is 1.66. The second kappa shape index (κ2) is 54.2.